The van der Waals surface area contributed by atoms with Crippen LogP contribution in [0.2, 0.25) is 0 Å². The molecule has 0 spiro atoms. The van der Waals surface area contributed by atoms with Crippen molar-refractivity contribution >= 4 is 15.8 Å². The largest absolute Gasteiger partial charge is 0.356 e. The Morgan fingerprint density at radius 2 is 2.00 bits per heavy atom. The smallest absolute Gasteiger partial charge is 0.211 e. The molecule has 2 aromatic rings. The van der Waals surface area contributed by atoms with Gasteiger partial charge in [-0.05, 0) is 44.7 Å². The fraction of sp³-hybridized carbons (Fsp3) is 0.571. The molecule has 2 aliphatic heterocycles. The lowest BCUT2D eigenvalue weighted by Crippen LogP contribution is -2.39. The van der Waals surface area contributed by atoms with Crippen LogP contribution in [0, 0.1) is 6.92 Å². The summed E-state index contributed by atoms with van der Waals surface area (Å²) in [5.74, 6) is 1.63. The standard InChI is InChI=1S/C21H29N5O2S/c1-16-18-9-7-13-25(15-11-17-8-3-5-12-22-17)21(18)24-20(23-16)19-10-4-6-14-26(19)29(2,27)28/h3,5,8,12,19H,4,6-7,9-11,13-15H2,1-2H3/t19-/m1/s1. The van der Waals surface area contributed by atoms with E-state index in [-0.39, 0.29) is 6.04 Å². The van der Waals surface area contributed by atoms with Crippen LogP contribution in [0.4, 0.5) is 5.82 Å². The summed E-state index contributed by atoms with van der Waals surface area (Å²) in [6.07, 6.45) is 8.70. The van der Waals surface area contributed by atoms with Gasteiger partial charge in [0.25, 0.3) is 0 Å². The summed E-state index contributed by atoms with van der Waals surface area (Å²) in [6, 6.07) is 5.73. The second-order valence-corrected chi connectivity index (χ2v) is 9.95. The maximum atomic E-state index is 12.3. The SMILES string of the molecule is Cc1nc([C@H]2CCCCN2S(C)(=O)=O)nc2c1CCCN2CCc1ccccn1. The number of pyridine rings is 1. The van der Waals surface area contributed by atoms with E-state index >= 15 is 0 Å². The van der Waals surface area contributed by atoms with E-state index < -0.39 is 10.0 Å². The van der Waals surface area contributed by atoms with Crippen molar-refractivity contribution in [3.63, 3.8) is 0 Å². The Morgan fingerprint density at radius 1 is 1.14 bits per heavy atom. The second kappa shape index (κ2) is 8.36. The number of anilines is 1. The summed E-state index contributed by atoms with van der Waals surface area (Å²) in [5.41, 5.74) is 3.25. The highest BCUT2D eigenvalue weighted by molar-refractivity contribution is 7.88. The fourth-order valence-corrected chi connectivity index (χ4v) is 5.55. The summed E-state index contributed by atoms with van der Waals surface area (Å²) in [5, 5.41) is 0. The van der Waals surface area contributed by atoms with E-state index in [0.717, 1.165) is 68.8 Å². The van der Waals surface area contributed by atoms with Crippen molar-refractivity contribution < 1.29 is 8.42 Å². The number of aromatic nitrogens is 3. The molecule has 0 saturated carbocycles. The first kappa shape index (κ1) is 20.2. The first-order valence-corrected chi connectivity index (χ1v) is 12.3. The lowest BCUT2D eigenvalue weighted by atomic mass is 10.0. The van der Waals surface area contributed by atoms with Gasteiger partial charge >= 0.3 is 0 Å². The minimum atomic E-state index is -3.29. The third-order valence-electron chi connectivity index (χ3n) is 5.91. The zero-order valence-corrected chi connectivity index (χ0v) is 18.0. The van der Waals surface area contributed by atoms with Gasteiger partial charge in [-0.1, -0.05) is 12.5 Å². The molecular weight excluding hydrogens is 386 g/mol. The highest BCUT2D eigenvalue weighted by Crippen LogP contribution is 2.34. The van der Waals surface area contributed by atoms with Gasteiger partial charge in [0.05, 0.1) is 12.3 Å². The Balaban J connectivity index is 1.64. The number of rotatable bonds is 5. The van der Waals surface area contributed by atoms with Crippen LogP contribution in [0.1, 0.15) is 54.5 Å². The lowest BCUT2D eigenvalue weighted by Gasteiger charge is -2.35. The van der Waals surface area contributed by atoms with Gasteiger partial charge in [-0.25, -0.2) is 18.4 Å². The van der Waals surface area contributed by atoms with Gasteiger partial charge in [0.1, 0.15) is 11.6 Å². The maximum absolute atomic E-state index is 12.3. The minimum Gasteiger partial charge on any atom is -0.356 e. The highest BCUT2D eigenvalue weighted by Gasteiger charge is 2.34. The van der Waals surface area contributed by atoms with E-state index in [1.807, 2.05) is 31.3 Å². The minimum absolute atomic E-state index is 0.262. The zero-order chi connectivity index (χ0) is 20.4. The van der Waals surface area contributed by atoms with Crippen molar-refractivity contribution in [3.8, 4) is 0 Å². The summed E-state index contributed by atoms with van der Waals surface area (Å²) in [7, 11) is -3.29. The number of aryl methyl sites for hydroxylation is 1. The number of fused-ring (bicyclic) bond motifs is 1. The van der Waals surface area contributed by atoms with Crippen LogP contribution < -0.4 is 4.90 Å². The molecule has 1 atom stereocenters. The van der Waals surface area contributed by atoms with Gasteiger partial charge in [0.15, 0.2) is 0 Å². The van der Waals surface area contributed by atoms with Crippen molar-refractivity contribution in [2.24, 2.45) is 0 Å². The molecule has 2 aromatic heterocycles. The quantitative estimate of drug-likeness (QED) is 0.747. The lowest BCUT2D eigenvalue weighted by molar-refractivity contribution is 0.247. The van der Waals surface area contributed by atoms with Gasteiger partial charge in [0.2, 0.25) is 10.0 Å². The third-order valence-corrected chi connectivity index (χ3v) is 7.19. The number of nitrogens with zero attached hydrogens (tertiary/aromatic N) is 5. The summed E-state index contributed by atoms with van der Waals surface area (Å²) in [6.45, 7) is 4.38. The molecule has 0 aliphatic carbocycles. The summed E-state index contributed by atoms with van der Waals surface area (Å²) < 4.78 is 26.2. The molecule has 0 unspecified atom stereocenters. The molecule has 4 heterocycles. The van der Waals surface area contributed by atoms with E-state index in [1.165, 1.54) is 11.8 Å². The monoisotopic (exact) mass is 415 g/mol. The van der Waals surface area contributed by atoms with E-state index in [1.54, 1.807) is 4.31 Å². The van der Waals surface area contributed by atoms with Crippen molar-refractivity contribution in [2.75, 3.05) is 30.8 Å². The molecule has 0 radical (unpaired) electrons. The highest BCUT2D eigenvalue weighted by atomic mass is 32.2. The van der Waals surface area contributed by atoms with Crippen LogP contribution in [-0.2, 0) is 22.9 Å². The molecule has 0 N–H and O–H groups in total. The zero-order valence-electron chi connectivity index (χ0n) is 17.2. The molecule has 0 amide bonds. The van der Waals surface area contributed by atoms with Crippen LogP contribution in [0.5, 0.6) is 0 Å². The number of sulfonamides is 1. The molecule has 29 heavy (non-hydrogen) atoms. The maximum Gasteiger partial charge on any atom is 0.211 e. The van der Waals surface area contributed by atoms with Crippen molar-refractivity contribution in [1.82, 2.24) is 19.3 Å². The average molecular weight is 416 g/mol. The fourth-order valence-electron chi connectivity index (χ4n) is 4.43. The second-order valence-electron chi connectivity index (χ2n) is 8.02. The van der Waals surface area contributed by atoms with Crippen LogP contribution in [-0.4, -0.2) is 53.6 Å². The van der Waals surface area contributed by atoms with Gasteiger partial charge < -0.3 is 4.90 Å². The van der Waals surface area contributed by atoms with Crippen molar-refractivity contribution in [2.45, 2.75) is 51.5 Å². The van der Waals surface area contributed by atoms with Crippen LogP contribution in [0.15, 0.2) is 24.4 Å². The van der Waals surface area contributed by atoms with Crippen LogP contribution in [0.3, 0.4) is 0 Å². The Morgan fingerprint density at radius 3 is 2.76 bits per heavy atom. The molecule has 4 rings (SSSR count). The van der Waals surface area contributed by atoms with Crippen LogP contribution in [0.25, 0.3) is 0 Å². The third kappa shape index (κ3) is 4.43. The average Bonchev–Trinajstić information content (AvgIpc) is 2.72. The Hall–Kier alpha value is -2.06. The van der Waals surface area contributed by atoms with Gasteiger partial charge in [-0.2, -0.15) is 4.31 Å². The molecule has 7 nitrogen and oxygen atoms in total. The molecule has 1 saturated heterocycles. The Bertz CT molecular complexity index is 965. The van der Waals surface area contributed by atoms with Crippen molar-refractivity contribution in [1.29, 1.82) is 0 Å². The Labute approximate surface area is 173 Å². The first-order chi connectivity index (χ1) is 13.9. The van der Waals surface area contributed by atoms with E-state index in [0.29, 0.717) is 12.4 Å². The van der Waals surface area contributed by atoms with E-state index in [9.17, 15) is 8.42 Å². The van der Waals surface area contributed by atoms with E-state index in [4.69, 9.17) is 9.97 Å². The molecule has 156 valence electrons. The molecule has 2 aliphatic rings. The molecule has 0 bridgehead atoms. The summed E-state index contributed by atoms with van der Waals surface area (Å²) >= 11 is 0. The van der Waals surface area contributed by atoms with Crippen LogP contribution >= 0.6 is 0 Å². The van der Waals surface area contributed by atoms with Gasteiger partial charge in [-0.15, -0.1) is 0 Å². The molecule has 8 heteroatoms. The topological polar surface area (TPSA) is 79.3 Å². The molecule has 1 fully saturated rings. The number of piperidine rings is 1. The van der Waals surface area contributed by atoms with Gasteiger partial charge in [-0.3, -0.25) is 4.98 Å². The van der Waals surface area contributed by atoms with Gasteiger partial charge in [0, 0.05) is 49.2 Å². The van der Waals surface area contributed by atoms with E-state index in [2.05, 4.69) is 9.88 Å². The Kier molecular flexibility index (Phi) is 5.83. The predicted octanol–water partition coefficient (Wildman–Crippen LogP) is 2.66. The first-order valence-electron chi connectivity index (χ1n) is 10.4. The molecular formula is C21H29N5O2S. The number of hydrogen-bond donors (Lipinski definition) is 0. The molecule has 0 aromatic carbocycles. The number of hydrogen-bond acceptors (Lipinski definition) is 6. The predicted molar refractivity (Wildman–Crippen MR) is 113 cm³/mol. The summed E-state index contributed by atoms with van der Waals surface area (Å²) in [4.78, 5) is 16.5. The van der Waals surface area contributed by atoms with Crippen molar-refractivity contribution in [3.05, 3.63) is 47.2 Å². The normalized spacial score (nSPS) is 20.5.